The highest BCUT2D eigenvalue weighted by molar-refractivity contribution is 6.06. The van der Waals surface area contributed by atoms with Crippen LogP contribution in [0.5, 0.6) is 5.75 Å². The summed E-state index contributed by atoms with van der Waals surface area (Å²) in [5.74, 6) is -1.06. The van der Waals surface area contributed by atoms with Crippen LogP contribution >= 0.6 is 0 Å². The first-order valence-corrected chi connectivity index (χ1v) is 12.7. The van der Waals surface area contributed by atoms with E-state index in [2.05, 4.69) is 10.6 Å². The summed E-state index contributed by atoms with van der Waals surface area (Å²) in [6, 6.07) is 8.92. The number of carbonyl (C=O) groups excluding carboxylic acids is 4. The van der Waals surface area contributed by atoms with Crippen LogP contribution in [0.25, 0.3) is 0 Å². The van der Waals surface area contributed by atoms with Crippen molar-refractivity contribution < 1.29 is 33.0 Å². The third-order valence-electron chi connectivity index (χ3n) is 7.01. The number of rotatable bonds is 8. The number of halogens is 1. The molecule has 3 aliphatic heterocycles. The SMILES string of the molecule is O=C1CCC(N2Cc3c(NCc4cc(OCCOC(=O)N5CCCC5)ccc4F)cccc3C2=O)C(=O)N1. The third-order valence-corrected chi connectivity index (χ3v) is 7.01. The summed E-state index contributed by atoms with van der Waals surface area (Å²) < 4.78 is 25.4. The van der Waals surface area contributed by atoms with E-state index in [-0.39, 0.29) is 57.1 Å². The Balaban J connectivity index is 1.18. The highest BCUT2D eigenvalue weighted by Gasteiger charge is 2.39. The van der Waals surface area contributed by atoms with Crippen LogP contribution in [-0.4, -0.2) is 66.0 Å². The van der Waals surface area contributed by atoms with Gasteiger partial charge in [0.2, 0.25) is 11.8 Å². The van der Waals surface area contributed by atoms with Gasteiger partial charge in [-0.05, 0) is 49.6 Å². The number of piperidine rings is 1. The summed E-state index contributed by atoms with van der Waals surface area (Å²) in [6.07, 6.45) is 2.08. The number of fused-ring (bicyclic) bond motifs is 1. The number of anilines is 1. The van der Waals surface area contributed by atoms with Gasteiger partial charge in [-0.1, -0.05) is 6.07 Å². The number of amides is 4. The number of nitrogens with zero attached hydrogens (tertiary/aromatic N) is 2. The van der Waals surface area contributed by atoms with Crippen LogP contribution in [0.4, 0.5) is 14.9 Å². The van der Waals surface area contributed by atoms with Gasteiger partial charge in [-0.15, -0.1) is 0 Å². The van der Waals surface area contributed by atoms with Crippen LogP contribution in [0.15, 0.2) is 36.4 Å². The molecule has 0 spiro atoms. The first kappa shape index (κ1) is 25.5. The van der Waals surface area contributed by atoms with Crippen molar-refractivity contribution in [3.63, 3.8) is 0 Å². The van der Waals surface area contributed by atoms with Gasteiger partial charge < -0.3 is 24.6 Å². The second kappa shape index (κ2) is 11.1. The molecule has 3 heterocycles. The van der Waals surface area contributed by atoms with Crippen LogP contribution in [0.1, 0.15) is 47.2 Å². The molecule has 2 aromatic carbocycles. The van der Waals surface area contributed by atoms with Crippen LogP contribution in [-0.2, 0) is 27.4 Å². The molecule has 4 amide bonds. The zero-order valence-corrected chi connectivity index (χ0v) is 20.8. The number of imide groups is 1. The van der Waals surface area contributed by atoms with Crippen molar-refractivity contribution in [2.24, 2.45) is 0 Å². The molecule has 0 saturated carbocycles. The van der Waals surface area contributed by atoms with Crippen molar-refractivity contribution in [2.45, 2.75) is 44.8 Å². The van der Waals surface area contributed by atoms with E-state index in [1.165, 1.54) is 17.0 Å². The number of ether oxygens (including phenoxy) is 2. The standard InChI is InChI=1S/C27H29FN4O6/c28-21-7-6-18(37-12-13-38-27(36)31-10-1-2-11-31)14-17(21)15-29-22-5-3-4-19-20(22)16-32(26(19)35)23-8-9-24(33)30-25(23)34/h3-7,14,23,29H,1-2,8-13,15-16H2,(H,30,33,34). The lowest BCUT2D eigenvalue weighted by Crippen LogP contribution is -2.52. The number of nitrogens with one attached hydrogen (secondary N) is 2. The Morgan fingerprint density at radius 1 is 1.11 bits per heavy atom. The topological polar surface area (TPSA) is 117 Å². The molecule has 38 heavy (non-hydrogen) atoms. The average molecular weight is 525 g/mol. The fourth-order valence-electron chi connectivity index (χ4n) is 5.00. The van der Waals surface area contributed by atoms with E-state index in [0.29, 0.717) is 35.7 Å². The first-order chi connectivity index (χ1) is 18.4. The monoisotopic (exact) mass is 524 g/mol. The highest BCUT2D eigenvalue weighted by Crippen LogP contribution is 2.32. The smallest absolute Gasteiger partial charge is 0.409 e. The molecule has 0 radical (unpaired) electrons. The molecule has 2 fully saturated rings. The van der Waals surface area contributed by atoms with Gasteiger partial charge in [-0.3, -0.25) is 19.7 Å². The predicted octanol–water partition coefficient (Wildman–Crippen LogP) is 2.81. The van der Waals surface area contributed by atoms with E-state index in [1.807, 2.05) is 0 Å². The number of hydrogen-bond donors (Lipinski definition) is 2. The molecule has 0 aromatic heterocycles. The third kappa shape index (κ3) is 5.41. The molecule has 0 bridgehead atoms. The summed E-state index contributed by atoms with van der Waals surface area (Å²) >= 11 is 0. The Kier molecular flexibility index (Phi) is 7.43. The molecular formula is C27H29FN4O6. The Labute approximate surface area is 219 Å². The summed E-state index contributed by atoms with van der Waals surface area (Å²) in [5.41, 5.74) is 2.21. The van der Waals surface area contributed by atoms with Crippen molar-refractivity contribution in [3.05, 3.63) is 58.9 Å². The summed E-state index contributed by atoms with van der Waals surface area (Å²) in [4.78, 5) is 51.9. The molecule has 10 nitrogen and oxygen atoms in total. The molecule has 11 heteroatoms. The second-order valence-corrected chi connectivity index (χ2v) is 9.50. The maximum absolute atomic E-state index is 14.6. The minimum atomic E-state index is -0.707. The van der Waals surface area contributed by atoms with Crippen molar-refractivity contribution in [2.75, 3.05) is 31.6 Å². The van der Waals surface area contributed by atoms with Crippen molar-refractivity contribution in [3.8, 4) is 5.75 Å². The average Bonchev–Trinajstić information content (AvgIpc) is 3.56. The fraction of sp³-hybridized carbons (Fsp3) is 0.407. The lowest BCUT2D eigenvalue weighted by molar-refractivity contribution is -0.136. The normalized spacial score (nSPS) is 18.9. The zero-order chi connectivity index (χ0) is 26.6. The maximum Gasteiger partial charge on any atom is 0.409 e. The predicted molar refractivity (Wildman–Crippen MR) is 134 cm³/mol. The van der Waals surface area contributed by atoms with Crippen LogP contribution in [0, 0.1) is 5.82 Å². The highest BCUT2D eigenvalue weighted by atomic mass is 19.1. The number of likely N-dealkylation sites (tertiary alicyclic amines) is 1. The van der Waals surface area contributed by atoms with Gasteiger partial charge in [0.05, 0.1) is 0 Å². The van der Waals surface area contributed by atoms with Gasteiger partial charge in [0.15, 0.2) is 0 Å². The van der Waals surface area contributed by atoms with Gasteiger partial charge in [0.1, 0.15) is 30.8 Å². The van der Waals surface area contributed by atoms with Crippen LogP contribution in [0.3, 0.4) is 0 Å². The molecule has 5 rings (SSSR count). The molecule has 1 unspecified atom stereocenters. The molecule has 2 aromatic rings. The molecule has 1 atom stereocenters. The van der Waals surface area contributed by atoms with Gasteiger partial charge >= 0.3 is 6.09 Å². The van der Waals surface area contributed by atoms with E-state index in [4.69, 9.17) is 9.47 Å². The van der Waals surface area contributed by atoms with E-state index in [0.717, 1.165) is 18.4 Å². The van der Waals surface area contributed by atoms with Crippen LogP contribution < -0.4 is 15.4 Å². The summed E-state index contributed by atoms with van der Waals surface area (Å²) in [5, 5.41) is 5.50. The Bertz CT molecular complexity index is 1260. The number of hydrogen-bond acceptors (Lipinski definition) is 7. The number of benzene rings is 2. The molecular weight excluding hydrogens is 495 g/mol. The summed E-state index contributed by atoms with van der Waals surface area (Å²) in [7, 11) is 0. The minimum absolute atomic E-state index is 0.0914. The van der Waals surface area contributed by atoms with E-state index < -0.39 is 17.8 Å². The minimum Gasteiger partial charge on any atom is -0.490 e. The quantitative estimate of drug-likeness (QED) is 0.403. The van der Waals surface area contributed by atoms with Gasteiger partial charge in [0.25, 0.3) is 5.91 Å². The molecule has 2 N–H and O–H groups in total. The molecule has 2 saturated heterocycles. The lowest BCUT2D eigenvalue weighted by Gasteiger charge is -2.29. The van der Waals surface area contributed by atoms with Crippen molar-refractivity contribution >= 4 is 29.5 Å². The van der Waals surface area contributed by atoms with E-state index in [1.54, 1.807) is 29.2 Å². The first-order valence-electron chi connectivity index (χ1n) is 12.7. The molecule has 3 aliphatic rings. The van der Waals surface area contributed by atoms with E-state index >= 15 is 0 Å². The van der Waals surface area contributed by atoms with Crippen molar-refractivity contribution in [1.29, 1.82) is 0 Å². The van der Waals surface area contributed by atoms with Crippen LogP contribution in [0.2, 0.25) is 0 Å². The van der Waals surface area contributed by atoms with Gasteiger partial charge in [0, 0.05) is 55.0 Å². The molecule has 200 valence electrons. The lowest BCUT2D eigenvalue weighted by atomic mass is 10.0. The largest absolute Gasteiger partial charge is 0.490 e. The number of carbonyl (C=O) groups is 4. The molecule has 0 aliphatic carbocycles. The maximum atomic E-state index is 14.6. The van der Waals surface area contributed by atoms with E-state index in [9.17, 15) is 23.6 Å². The second-order valence-electron chi connectivity index (χ2n) is 9.50. The Morgan fingerprint density at radius 2 is 1.92 bits per heavy atom. The Morgan fingerprint density at radius 3 is 2.71 bits per heavy atom. The van der Waals surface area contributed by atoms with Crippen molar-refractivity contribution in [1.82, 2.24) is 15.1 Å². The van der Waals surface area contributed by atoms with Gasteiger partial charge in [-0.2, -0.15) is 0 Å². The Hall–Kier alpha value is -4.15. The zero-order valence-electron chi connectivity index (χ0n) is 20.8. The fourth-order valence-corrected chi connectivity index (χ4v) is 5.00. The summed E-state index contributed by atoms with van der Waals surface area (Å²) in [6.45, 7) is 2.00. The van der Waals surface area contributed by atoms with Gasteiger partial charge in [-0.25, -0.2) is 9.18 Å².